The molecule has 0 atom stereocenters. The molecule has 0 aliphatic carbocycles. The number of carbonyl (C=O) groups excluding carboxylic acids is 1. The Bertz CT molecular complexity index is 1120. The highest BCUT2D eigenvalue weighted by molar-refractivity contribution is 6.04. The van der Waals surface area contributed by atoms with Gasteiger partial charge in [0.15, 0.2) is 0 Å². The smallest absolute Gasteiger partial charge is 0.303 e. The summed E-state index contributed by atoms with van der Waals surface area (Å²) in [6, 6.07) is 22.2. The molecule has 0 aromatic heterocycles. The lowest BCUT2D eigenvalue weighted by molar-refractivity contribution is -0.136. The zero-order valence-corrected chi connectivity index (χ0v) is 19.9. The fourth-order valence-electron chi connectivity index (χ4n) is 3.51. The molecule has 0 radical (unpaired) electrons. The number of hydrogen-bond acceptors (Lipinski definition) is 4. The van der Waals surface area contributed by atoms with Gasteiger partial charge in [-0.15, -0.1) is 0 Å². The van der Waals surface area contributed by atoms with E-state index < -0.39 is 5.97 Å². The van der Waals surface area contributed by atoms with E-state index in [-0.39, 0.29) is 12.3 Å². The average molecular weight is 474 g/mol. The summed E-state index contributed by atoms with van der Waals surface area (Å²) in [6.07, 6.45) is 7.33. The molecule has 0 saturated carbocycles. The Balaban J connectivity index is 1.50. The van der Waals surface area contributed by atoms with Gasteiger partial charge in [0.1, 0.15) is 11.5 Å². The van der Waals surface area contributed by atoms with Crippen LogP contribution < -0.4 is 14.8 Å². The first-order chi connectivity index (χ1) is 17.0. The van der Waals surface area contributed by atoms with Crippen molar-refractivity contribution in [3.63, 3.8) is 0 Å². The van der Waals surface area contributed by atoms with E-state index in [1.165, 1.54) is 0 Å². The number of carboxylic acid groups (broad SMARTS) is 1. The molecule has 0 heterocycles. The van der Waals surface area contributed by atoms with Crippen LogP contribution in [0.15, 0.2) is 78.9 Å². The predicted molar refractivity (Wildman–Crippen MR) is 138 cm³/mol. The largest absolute Gasteiger partial charge is 0.497 e. The topological polar surface area (TPSA) is 84.9 Å². The summed E-state index contributed by atoms with van der Waals surface area (Å²) in [7, 11) is 1.65. The first-order valence-electron chi connectivity index (χ1n) is 11.7. The monoisotopic (exact) mass is 473 g/mol. The van der Waals surface area contributed by atoms with Gasteiger partial charge in [-0.1, -0.05) is 42.5 Å². The summed E-state index contributed by atoms with van der Waals surface area (Å²) < 4.78 is 11.1. The van der Waals surface area contributed by atoms with Gasteiger partial charge in [0.2, 0.25) is 0 Å². The van der Waals surface area contributed by atoms with E-state index in [2.05, 4.69) is 17.5 Å². The van der Waals surface area contributed by atoms with Crippen LogP contribution in [0.25, 0.3) is 6.08 Å². The second-order valence-electron chi connectivity index (χ2n) is 8.06. The zero-order chi connectivity index (χ0) is 24.9. The zero-order valence-electron chi connectivity index (χ0n) is 19.9. The molecule has 3 rings (SSSR count). The quantitative estimate of drug-likeness (QED) is 0.288. The molecule has 0 bridgehead atoms. The first-order valence-corrected chi connectivity index (χ1v) is 11.7. The summed E-state index contributed by atoms with van der Waals surface area (Å²) in [5.74, 6) is 0.399. The second kappa shape index (κ2) is 13.6. The van der Waals surface area contributed by atoms with Crippen LogP contribution in [0.2, 0.25) is 0 Å². The third kappa shape index (κ3) is 8.66. The van der Waals surface area contributed by atoms with E-state index in [0.717, 1.165) is 36.1 Å². The lowest BCUT2D eigenvalue weighted by Crippen LogP contribution is -2.12. The molecule has 0 saturated heterocycles. The van der Waals surface area contributed by atoms with Gasteiger partial charge < -0.3 is 19.9 Å². The molecular weight excluding hydrogens is 442 g/mol. The minimum atomic E-state index is -0.877. The Hall–Kier alpha value is -4.06. The summed E-state index contributed by atoms with van der Waals surface area (Å²) in [5, 5.41) is 12.0. The van der Waals surface area contributed by atoms with Crippen molar-refractivity contribution >= 4 is 23.6 Å². The number of unbranched alkanes of at least 4 members (excludes halogenated alkanes) is 2. The van der Waals surface area contributed by atoms with Crippen LogP contribution >= 0.6 is 0 Å². The molecule has 0 aliphatic rings. The summed E-state index contributed by atoms with van der Waals surface area (Å²) in [4.78, 5) is 23.5. The number of methoxy groups -OCH3 is 1. The van der Waals surface area contributed by atoms with Crippen LogP contribution in [-0.4, -0.2) is 30.7 Å². The number of aryl methyl sites for hydroxylation is 1. The van der Waals surface area contributed by atoms with Crippen molar-refractivity contribution in [3.8, 4) is 11.5 Å². The molecule has 0 spiro atoms. The summed E-state index contributed by atoms with van der Waals surface area (Å²) in [5.41, 5.74) is 3.05. The van der Waals surface area contributed by atoms with Crippen molar-refractivity contribution in [1.29, 1.82) is 0 Å². The van der Waals surface area contributed by atoms with Crippen LogP contribution in [0.4, 0.5) is 5.69 Å². The molecular formula is C29H31NO5. The predicted octanol–water partition coefficient (Wildman–Crippen LogP) is 6.23. The maximum Gasteiger partial charge on any atom is 0.303 e. The molecule has 182 valence electrons. The van der Waals surface area contributed by atoms with Crippen molar-refractivity contribution in [2.45, 2.75) is 32.1 Å². The number of carbonyl (C=O) groups is 2. The SMILES string of the molecule is COc1ccc(/C=C/CCCCOc2ccc(NC(=O)c3ccccc3)cc2CCC(=O)O)cc1. The van der Waals surface area contributed by atoms with Gasteiger partial charge in [-0.05, 0) is 79.3 Å². The average Bonchev–Trinajstić information content (AvgIpc) is 2.88. The van der Waals surface area contributed by atoms with Crippen molar-refractivity contribution < 1.29 is 24.2 Å². The molecule has 35 heavy (non-hydrogen) atoms. The summed E-state index contributed by atoms with van der Waals surface area (Å²) in [6.45, 7) is 0.534. The number of allylic oxidation sites excluding steroid dienone is 1. The van der Waals surface area contributed by atoms with Crippen LogP contribution in [-0.2, 0) is 11.2 Å². The van der Waals surface area contributed by atoms with Crippen molar-refractivity contribution in [2.75, 3.05) is 19.0 Å². The fourth-order valence-corrected chi connectivity index (χ4v) is 3.51. The fraction of sp³-hybridized carbons (Fsp3) is 0.241. The molecule has 3 aromatic rings. The number of amides is 1. The van der Waals surface area contributed by atoms with Gasteiger partial charge in [0, 0.05) is 17.7 Å². The lowest BCUT2D eigenvalue weighted by atomic mass is 10.1. The highest BCUT2D eigenvalue weighted by atomic mass is 16.5. The Morgan fingerprint density at radius 3 is 2.46 bits per heavy atom. The lowest BCUT2D eigenvalue weighted by Gasteiger charge is -2.13. The maximum atomic E-state index is 12.4. The van der Waals surface area contributed by atoms with E-state index in [0.29, 0.717) is 30.0 Å². The van der Waals surface area contributed by atoms with Crippen LogP contribution in [0.5, 0.6) is 11.5 Å². The normalized spacial score (nSPS) is 10.8. The number of hydrogen-bond donors (Lipinski definition) is 2. The summed E-state index contributed by atoms with van der Waals surface area (Å²) >= 11 is 0. The van der Waals surface area contributed by atoms with Gasteiger partial charge in [0.05, 0.1) is 13.7 Å². The number of nitrogens with one attached hydrogen (secondary N) is 1. The number of anilines is 1. The van der Waals surface area contributed by atoms with Gasteiger partial charge in [-0.2, -0.15) is 0 Å². The van der Waals surface area contributed by atoms with E-state index in [4.69, 9.17) is 14.6 Å². The van der Waals surface area contributed by atoms with E-state index >= 15 is 0 Å². The molecule has 2 N–H and O–H groups in total. The van der Waals surface area contributed by atoms with E-state index in [1.807, 2.05) is 30.3 Å². The Kier molecular flexibility index (Phi) is 9.93. The standard InChI is InChI=1S/C29H31NO5/c1-34-26-16-12-22(13-17-26)9-5-2-3-8-20-35-27-18-15-25(21-24(27)14-19-28(31)32)30-29(33)23-10-6-4-7-11-23/h4-7,9-13,15-18,21H,2-3,8,14,19-20H2,1H3,(H,30,33)(H,31,32)/b9-5+. The highest BCUT2D eigenvalue weighted by Crippen LogP contribution is 2.25. The first kappa shape index (κ1) is 25.6. The van der Waals surface area contributed by atoms with Gasteiger partial charge >= 0.3 is 5.97 Å². The van der Waals surface area contributed by atoms with E-state index in [1.54, 1.807) is 49.6 Å². The van der Waals surface area contributed by atoms with Crippen LogP contribution in [0.1, 0.15) is 47.2 Å². The Morgan fingerprint density at radius 1 is 0.971 bits per heavy atom. The minimum absolute atomic E-state index is 0.0113. The molecule has 0 fully saturated rings. The third-order valence-electron chi connectivity index (χ3n) is 5.41. The van der Waals surface area contributed by atoms with Crippen molar-refractivity contribution in [3.05, 3.63) is 95.6 Å². The Labute approximate surface area is 206 Å². The minimum Gasteiger partial charge on any atom is -0.497 e. The molecule has 0 aliphatic heterocycles. The highest BCUT2D eigenvalue weighted by Gasteiger charge is 2.11. The van der Waals surface area contributed by atoms with Gasteiger partial charge in [-0.3, -0.25) is 9.59 Å². The second-order valence-corrected chi connectivity index (χ2v) is 8.06. The van der Waals surface area contributed by atoms with Crippen molar-refractivity contribution in [2.24, 2.45) is 0 Å². The Morgan fingerprint density at radius 2 is 1.74 bits per heavy atom. The molecule has 6 nitrogen and oxygen atoms in total. The van der Waals surface area contributed by atoms with Crippen LogP contribution in [0.3, 0.4) is 0 Å². The number of rotatable bonds is 13. The molecule has 6 heteroatoms. The number of carboxylic acids is 1. The van der Waals surface area contributed by atoms with Gasteiger partial charge in [0.25, 0.3) is 5.91 Å². The molecule has 3 aromatic carbocycles. The molecule has 1 amide bonds. The number of aliphatic carboxylic acids is 1. The molecule has 0 unspecified atom stereocenters. The van der Waals surface area contributed by atoms with E-state index in [9.17, 15) is 9.59 Å². The third-order valence-corrected chi connectivity index (χ3v) is 5.41. The maximum absolute atomic E-state index is 12.4. The van der Waals surface area contributed by atoms with Crippen LogP contribution in [0, 0.1) is 0 Å². The van der Waals surface area contributed by atoms with Gasteiger partial charge in [-0.25, -0.2) is 0 Å². The van der Waals surface area contributed by atoms with Crippen molar-refractivity contribution in [1.82, 2.24) is 0 Å². The number of ether oxygens (including phenoxy) is 2. The number of benzene rings is 3.